The molecule has 2 aromatic carbocycles. The van der Waals surface area contributed by atoms with E-state index in [1.807, 2.05) is 0 Å². The van der Waals surface area contributed by atoms with Gasteiger partial charge in [-0.15, -0.1) is 0 Å². The highest BCUT2D eigenvalue weighted by molar-refractivity contribution is 9.10. The molecule has 0 heterocycles. The number of ketones is 1. The van der Waals surface area contributed by atoms with Crippen LogP contribution in [0.25, 0.3) is 0 Å². The van der Waals surface area contributed by atoms with Gasteiger partial charge in [-0.25, -0.2) is 4.39 Å². The first-order valence-corrected chi connectivity index (χ1v) is 6.25. The van der Waals surface area contributed by atoms with Crippen molar-refractivity contribution >= 4 is 21.7 Å². The molecule has 0 aromatic heterocycles. The Balaban J connectivity index is 2.37. The summed E-state index contributed by atoms with van der Waals surface area (Å²) in [6.45, 7) is 0. The van der Waals surface area contributed by atoms with Crippen LogP contribution in [0.2, 0.25) is 0 Å². The summed E-state index contributed by atoms with van der Waals surface area (Å²) < 4.78 is 51.3. The van der Waals surface area contributed by atoms with Crippen LogP contribution in [0.1, 0.15) is 21.5 Å². The second kappa shape index (κ2) is 5.36. The van der Waals surface area contributed by atoms with Crippen LogP contribution in [0, 0.1) is 5.82 Å². The van der Waals surface area contributed by atoms with Crippen LogP contribution in [0.5, 0.6) is 0 Å². The fourth-order valence-corrected chi connectivity index (χ4v) is 2.00. The van der Waals surface area contributed by atoms with Gasteiger partial charge in [0.1, 0.15) is 5.82 Å². The topological polar surface area (TPSA) is 17.1 Å². The fraction of sp³-hybridized carbons (Fsp3) is 0.0714. The molecule has 0 unspecified atom stereocenters. The zero-order chi connectivity index (χ0) is 14.9. The molecule has 0 atom stereocenters. The maximum absolute atomic E-state index is 13.6. The molecule has 104 valence electrons. The van der Waals surface area contributed by atoms with Crippen molar-refractivity contribution in [2.45, 2.75) is 6.18 Å². The number of carbonyl (C=O) groups is 1. The molecule has 0 aliphatic heterocycles. The normalized spacial score (nSPS) is 11.4. The zero-order valence-electron chi connectivity index (χ0n) is 9.84. The van der Waals surface area contributed by atoms with E-state index < -0.39 is 23.3 Å². The lowest BCUT2D eigenvalue weighted by molar-refractivity contribution is -0.137. The van der Waals surface area contributed by atoms with Gasteiger partial charge < -0.3 is 0 Å². The van der Waals surface area contributed by atoms with E-state index in [4.69, 9.17) is 0 Å². The number of alkyl halides is 3. The van der Waals surface area contributed by atoms with Gasteiger partial charge in [-0.1, -0.05) is 28.1 Å². The third-order valence-electron chi connectivity index (χ3n) is 2.65. The summed E-state index contributed by atoms with van der Waals surface area (Å²) in [4.78, 5) is 12.0. The zero-order valence-corrected chi connectivity index (χ0v) is 11.4. The molecule has 0 N–H and O–H groups in total. The maximum Gasteiger partial charge on any atom is 0.416 e. The summed E-state index contributed by atoms with van der Waals surface area (Å²) in [5, 5.41) is 0. The second-order valence-corrected chi connectivity index (χ2v) is 4.94. The van der Waals surface area contributed by atoms with E-state index >= 15 is 0 Å². The summed E-state index contributed by atoms with van der Waals surface area (Å²) in [6, 6.07) is 7.48. The van der Waals surface area contributed by atoms with Crippen molar-refractivity contribution in [1.29, 1.82) is 0 Å². The van der Waals surface area contributed by atoms with Gasteiger partial charge in [0, 0.05) is 10.0 Å². The predicted molar refractivity (Wildman–Crippen MR) is 69.0 cm³/mol. The highest BCUT2D eigenvalue weighted by Gasteiger charge is 2.30. The number of carbonyl (C=O) groups excluding carboxylic acids is 1. The summed E-state index contributed by atoms with van der Waals surface area (Å²) in [5.74, 6) is -1.39. The van der Waals surface area contributed by atoms with Crippen molar-refractivity contribution in [3.05, 3.63) is 69.4 Å². The SMILES string of the molecule is O=C(c1ccc(C(F)(F)F)cc1)c1cc(Br)ccc1F. The van der Waals surface area contributed by atoms with Gasteiger partial charge >= 0.3 is 6.18 Å². The largest absolute Gasteiger partial charge is 0.416 e. The van der Waals surface area contributed by atoms with E-state index in [2.05, 4.69) is 15.9 Å². The smallest absolute Gasteiger partial charge is 0.288 e. The molecule has 0 saturated heterocycles. The van der Waals surface area contributed by atoms with E-state index in [9.17, 15) is 22.4 Å². The molecule has 2 aromatic rings. The highest BCUT2D eigenvalue weighted by atomic mass is 79.9. The van der Waals surface area contributed by atoms with Crippen LogP contribution in [0.4, 0.5) is 17.6 Å². The lowest BCUT2D eigenvalue weighted by atomic mass is 10.0. The van der Waals surface area contributed by atoms with E-state index in [1.165, 1.54) is 12.1 Å². The van der Waals surface area contributed by atoms with Crippen LogP contribution in [-0.2, 0) is 6.18 Å². The monoisotopic (exact) mass is 346 g/mol. The molecule has 0 spiro atoms. The Bertz CT molecular complexity index is 647. The Labute approximate surface area is 120 Å². The minimum Gasteiger partial charge on any atom is -0.288 e. The average Bonchev–Trinajstić information content (AvgIpc) is 2.40. The predicted octanol–water partition coefficient (Wildman–Crippen LogP) is 4.84. The first-order chi connectivity index (χ1) is 9.29. The van der Waals surface area contributed by atoms with Gasteiger partial charge in [0.25, 0.3) is 0 Å². The van der Waals surface area contributed by atoms with E-state index in [1.54, 1.807) is 0 Å². The van der Waals surface area contributed by atoms with Gasteiger partial charge in [-0.3, -0.25) is 4.79 Å². The first kappa shape index (κ1) is 14.7. The first-order valence-electron chi connectivity index (χ1n) is 5.46. The number of rotatable bonds is 2. The number of halogens is 5. The summed E-state index contributed by atoms with van der Waals surface area (Å²) in [7, 11) is 0. The molecule has 0 amide bonds. The third-order valence-corrected chi connectivity index (χ3v) is 3.14. The van der Waals surface area contributed by atoms with Crippen molar-refractivity contribution in [1.82, 2.24) is 0 Å². The molecule has 0 aliphatic carbocycles. The molecule has 20 heavy (non-hydrogen) atoms. The number of hydrogen-bond donors (Lipinski definition) is 0. The maximum atomic E-state index is 13.6. The number of benzene rings is 2. The van der Waals surface area contributed by atoms with Crippen molar-refractivity contribution in [3.8, 4) is 0 Å². The summed E-state index contributed by atoms with van der Waals surface area (Å²) in [5.41, 5.74) is -1.06. The number of hydrogen-bond acceptors (Lipinski definition) is 1. The van der Waals surface area contributed by atoms with E-state index in [0.29, 0.717) is 4.47 Å². The van der Waals surface area contributed by atoms with E-state index in [-0.39, 0.29) is 11.1 Å². The Morgan fingerprint density at radius 3 is 2.15 bits per heavy atom. The van der Waals surface area contributed by atoms with Crippen molar-refractivity contribution in [2.75, 3.05) is 0 Å². The standard InChI is InChI=1S/C14H7BrF4O/c15-10-5-6-12(16)11(7-10)13(20)8-1-3-9(4-2-8)14(17,18)19/h1-7H. The van der Waals surface area contributed by atoms with E-state index in [0.717, 1.165) is 30.3 Å². The summed E-state index contributed by atoms with van der Waals surface area (Å²) in [6.07, 6.45) is -4.47. The molecule has 1 nitrogen and oxygen atoms in total. The Hall–Kier alpha value is -1.69. The molecular weight excluding hydrogens is 340 g/mol. The van der Waals surface area contributed by atoms with Crippen molar-refractivity contribution in [3.63, 3.8) is 0 Å². The Morgan fingerprint density at radius 2 is 1.60 bits per heavy atom. The van der Waals surface area contributed by atoms with Gasteiger partial charge in [0.05, 0.1) is 11.1 Å². The lowest BCUT2D eigenvalue weighted by Crippen LogP contribution is -2.07. The molecule has 0 saturated carbocycles. The van der Waals surface area contributed by atoms with Gasteiger partial charge in [-0.05, 0) is 30.3 Å². The van der Waals surface area contributed by atoms with Crippen molar-refractivity contribution < 1.29 is 22.4 Å². The molecular formula is C14H7BrF4O. The second-order valence-electron chi connectivity index (χ2n) is 4.03. The van der Waals surface area contributed by atoms with Crippen LogP contribution in [0.3, 0.4) is 0 Å². The van der Waals surface area contributed by atoms with Gasteiger partial charge in [0.15, 0.2) is 5.78 Å². The van der Waals surface area contributed by atoms with Crippen LogP contribution in [-0.4, -0.2) is 5.78 Å². The quantitative estimate of drug-likeness (QED) is 0.561. The average molecular weight is 347 g/mol. The highest BCUT2D eigenvalue weighted by Crippen LogP contribution is 2.29. The van der Waals surface area contributed by atoms with Crippen LogP contribution in [0.15, 0.2) is 46.9 Å². The third kappa shape index (κ3) is 3.07. The molecule has 0 bridgehead atoms. The molecule has 2 rings (SSSR count). The molecule has 0 aliphatic rings. The van der Waals surface area contributed by atoms with Crippen molar-refractivity contribution in [2.24, 2.45) is 0 Å². The minimum atomic E-state index is -4.47. The lowest BCUT2D eigenvalue weighted by Gasteiger charge is -2.08. The van der Waals surface area contributed by atoms with Gasteiger partial charge in [-0.2, -0.15) is 13.2 Å². The van der Waals surface area contributed by atoms with Crippen LogP contribution < -0.4 is 0 Å². The molecule has 6 heteroatoms. The minimum absolute atomic E-state index is 0.00463. The molecule has 0 fully saturated rings. The summed E-state index contributed by atoms with van der Waals surface area (Å²) >= 11 is 3.11. The molecule has 0 radical (unpaired) electrons. The van der Waals surface area contributed by atoms with Crippen LogP contribution >= 0.6 is 15.9 Å². The Morgan fingerprint density at radius 1 is 1.00 bits per heavy atom. The fourth-order valence-electron chi connectivity index (χ4n) is 1.64. The Kier molecular flexibility index (Phi) is 3.94. The van der Waals surface area contributed by atoms with Gasteiger partial charge in [0.2, 0.25) is 0 Å².